The number of ether oxygens (including phenoxy) is 2. The van der Waals surface area contributed by atoms with Gasteiger partial charge in [0.05, 0.1) is 36.5 Å². The summed E-state index contributed by atoms with van der Waals surface area (Å²) in [6.07, 6.45) is 8.45. The first-order chi connectivity index (χ1) is 9.77. The number of aliphatic hydroxyl groups is 1. The summed E-state index contributed by atoms with van der Waals surface area (Å²) in [5.74, 6) is 0.250. The second-order valence-electron chi connectivity index (χ2n) is 6.49. The maximum absolute atomic E-state index is 10.8. The number of rotatable bonds is 3. The Morgan fingerprint density at radius 2 is 2.25 bits per heavy atom. The largest absolute Gasteiger partial charge is 0.387 e. The van der Waals surface area contributed by atoms with E-state index in [-0.39, 0.29) is 11.5 Å². The van der Waals surface area contributed by atoms with Crippen LogP contribution in [0.2, 0.25) is 0 Å². The fourth-order valence-corrected chi connectivity index (χ4v) is 3.64. The minimum atomic E-state index is -0.431. The van der Waals surface area contributed by atoms with Crippen molar-refractivity contribution in [3.05, 3.63) is 18.2 Å². The summed E-state index contributed by atoms with van der Waals surface area (Å²) in [7, 11) is 0. The molecule has 1 spiro atoms. The monoisotopic (exact) mass is 278 g/mol. The molecule has 2 aliphatic heterocycles. The summed E-state index contributed by atoms with van der Waals surface area (Å²) in [6.45, 7) is 2.18. The second kappa shape index (κ2) is 4.83. The highest BCUT2D eigenvalue weighted by Crippen LogP contribution is 2.43. The molecule has 1 aliphatic carbocycles. The molecule has 3 unspecified atom stereocenters. The number of aromatic nitrogens is 2. The SMILES string of the molecule is OC(c1cncn1C1CC1)C1CCOC2(CCOC2)C1. The Labute approximate surface area is 118 Å². The van der Waals surface area contributed by atoms with Gasteiger partial charge in [-0.1, -0.05) is 0 Å². The molecule has 1 N–H and O–H groups in total. The van der Waals surface area contributed by atoms with Crippen molar-refractivity contribution in [2.24, 2.45) is 5.92 Å². The van der Waals surface area contributed by atoms with Crippen LogP contribution in [-0.4, -0.2) is 40.1 Å². The van der Waals surface area contributed by atoms with E-state index >= 15 is 0 Å². The van der Waals surface area contributed by atoms with Crippen LogP contribution >= 0.6 is 0 Å². The van der Waals surface area contributed by atoms with Crippen LogP contribution in [0.25, 0.3) is 0 Å². The van der Waals surface area contributed by atoms with Crippen LogP contribution in [0, 0.1) is 5.92 Å². The first-order valence-electron chi connectivity index (χ1n) is 7.69. The van der Waals surface area contributed by atoms with Gasteiger partial charge in [-0.15, -0.1) is 0 Å². The first-order valence-corrected chi connectivity index (χ1v) is 7.69. The van der Waals surface area contributed by atoms with Crippen molar-refractivity contribution in [1.29, 1.82) is 0 Å². The zero-order valence-corrected chi connectivity index (χ0v) is 11.7. The summed E-state index contributed by atoms with van der Waals surface area (Å²) >= 11 is 0. The van der Waals surface area contributed by atoms with Gasteiger partial charge in [0, 0.05) is 25.7 Å². The second-order valence-corrected chi connectivity index (χ2v) is 6.49. The fourth-order valence-electron chi connectivity index (χ4n) is 3.64. The highest BCUT2D eigenvalue weighted by Gasteiger charge is 2.43. The Morgan fingerprint density at radius 3 is 3.00 bits per heavy atom. The van der Waals surface area contributed by atoms with E-state index < -0.39 is 6.10 Å². The topological polar surface area (TPSA) is 56.5 Å². The average molecular weight is 278 g/mol. The van der Waals surface area contributed by atoms with Crippen molar-refractivity contribution < 1.29 is 14.6 Å². The van der Waals surface area contributed by atoms with Gasteiger partial charge in [-0.05, 0) is 31.6 Å². The minimum Gasteiger partial charge on any atom is -0.387 e. The van der Waals surface area contributed by atoms with E-state index in [4.69, 9.17) is 9.47 Å². The van der Waals surface area contributed by atoms with Crippen molar-refractivity contribution in [3.8, 4) is 0 Å². The number of imidazole rings is 1. The number of aliphatic hydroxyl groups excluding tert-OH is 1. The quantitative estimate of drug-likeness (QED) is 0.916. The Bertz CT molecular complexity index is 477. The molecule has 3 heterocycles. The average Bonchev–Trinajstić information content (AvgIpc) is 3.03. The van der Waals surface area contributed by atoms with Crippen molar-refractivity contribution in [1.82, 2.24) is 9.55 Å². The zero-order valence-electron chi connectivity index (χ0n) is 11.7. The third-order valence-corrected chi connectivity index (χ3v) is 4.98. The lowest BCUT2D eigenvalue weighted by molar-refractivity contribution is -0.118. The number of hydrogen-bond donors (Lipinski definition) is 1. The van der Waals surface area contributed by atoms with E-state index in [1.807, 2.05) is 12.5 Å². The van der Waals surface area contributed by atoms with E-state index in [0.717, 1.165) is 38.2 Å². The molecule has 0 bridgehead atoms. The van der Waals surface area contributed by atoms with Crippen LogP contribution in [0.3, 0.4) is 0 Å². The van der Waals surface area contributed by atoms with Crippen LogP contribution in [-0.2, 0) is 9.47 Å². The zero-order chi connectivity index (χ0) is 13.6. The van der Waals surface area contributed by atoms with Gasteiger partial charge in [0.2, 0.25) is 0 Å². The van der Waals surface area contributed by atoms with Crippen LogP contribution in [0.5, 0.6) is 0 Å². The van der Waals surface area contributed by atoms with Gasteiger partial charge in [-0.3, -0.25) is 0 Å². The summed E-state index contributed by atoms with van der Waals surface area (Å²) in [5, 5.41) is 10.8. The van der Waals surface area contributed by atoms with E-state index in [9.17, 15) is 5.11 Å². The van der Waals surface area contributed by atoms with Gasteiger partial charge in [-0.2, -0.15) is 0 Å². The molecule has 0 amide bonds. The van der Waals surface area contributed by atoms with Crippen LogP contribution in [0.15, 0.2) is 12.5 Å². The van der Waals surface area contributed by atoms with E-state index in [1.54, 1.807) is 0 Å². The molecule has 20 heavy (non-hydrogen) atoms. The molecule has 1 aromatic rings. The van der Waals surface area contributed by atoms with Gasteiger partial charge in [-0.25, -0.2) is 4.98 Å². The predicted octanol–water partition coefficient (Wildman–Crippen LogP) is 1.84. The molecule has 0 aromatic carbocycles. The maximum atomic E-state index is 10.8. The van der Waals surface area contributed by atoms with Crippen LogP contribution in [0.1, 0.15) is 49.9 Å². The summed E-state index contributed by atoms with van der Waals surface area (Å²) in [4.78, 5) is 4.24. The lowest BCUT2D eigenvalue weighted by Gasteiger charge is -2.39. The molecule has 0 radical (unpaired) electrons. The molecule has 4 rings (SSSR count). The van der Waals surface area contributed by atoms with Gasteiger partial charge in [0.1, 0.15) is 0 Å². The standard InChI is InChI=1S/C15H22N2O3/c18-14(13-8-16-10-17(13)12-1-2-12)11-3-5-20-15(7-11)4-6-19-9-15/h8,10-12,14,18H,1-7,9H2. The summed E-state index contributed by atoms with van der Waals surface area (Å²) in [6, 6.07) is 0.561. The molecule has 3 atom stereocenters. The molecular weight excluding hydrogens is 256 g/mol. The predicted molar refractivity (Wildman–Crippen MR) is 72.3 cm³/mol. The normalized spacial score (nSPS) is 35.5. The lowest BCUT2D eigenvalue weighted by atomic mass is 9.81. The Hall–Kier alpha value is -0.910. The third-order valence-electron chi connectivity index (χ3n) is 4.98. The van der Waals surface area contributed by atoms with Crippen molar-refractivity contribution in [3.63, 3.8) is 0 Å². The molecular formula is C15H22N2O3. The Kier molecular flexibility index (Phi) is 3.09. The molecule has 5 heteroatoms. The molecule has 1 aromatic heterocycles. The molecule has 2 saturated heterocycles. The highest BCUT2D eigenvalue weighted by atomic mass is 16.6. The van der Waals surface area contributed by atoms with Crippen molar-refractivity contribution >= 4 is 0 Å². The Balaban J connectivity index is 1.52. The third kappa shape index (κ3) is 2.18. The first kappa shape index (κ1) is 12.8. The Morgan fingerprint density at radius 1 is 1.35 bits per heavy atom. The van der Waals surface area contributed by atoms with Crippen LogP contribution < -0.4 is 0 Å². The summed E-state index contributed by atoms with van der Waals surface area (Å²) in [5.41, 5.74) is 0.836. The highest BCUT2D eigenvalue weighted by molar-refractivity contribution is 5.09. The van der Waals surface area contributed by atoms with Crippen molar-refractivity contribution in [2.75, 3.05) is 19.8 Å². The van der Waals surface area contributed by atoms with E-state index in [1.165, 1.54) is 12.8 Å². The molecule has 3 fully saturated rings. The lowest BCUT2D eigenvalue weighted by Crippen LogP contribution is -2.42. The van der Waals surface area contributed by atoms with Crippen LogP contribution in [0.4, 0.5) is 0 Å². The van der Waals surface area contributed by atoms with E-state index in [2.05, 4.69) is 9.55 Å². The van der Waals surface area contributed by atoms with E-state index in [0.29, 0.717) is 12.6 Å². The van der Waals surface area contributed by atoms with Gasteiger partial charge >= 0.3 is 0 Å². The van der Waals surface area contributed by atoms with Gasteiger partial charge in [0.15, 0.2) is 0 Å². The van der Waals surface area contributed by atoms with Gasteiger partial charge in [0.25, 0.3) is 0 Å². The smallest absolute Gasteiger partial charge is 0.0985 e. The number of nitrogens with zero attached hydrogens (tertiary/aromatic N) is 2. The molecule has 110 valence electrons. The van der Waals surface area contributed by atoms with Gasteiger partial charge < -0.3 is 19.1 Å². The molecule has 1 saturated carbocycles. The maximum Gasteiger partial charge on any atom is 0.0985 e. The molecule has 3 aliphatic rings. The molecule has 5 nitrogen and oxygen atoms in total. The number of hydrogen-bond acceptors (Lipinski definition) is 4. The fraction of sp³-hybridized carbons (Fsp3) is 0.800. The minimum absolute atomic E-state index is 0.145. The summed E-state index contributed by atoms with van der Waals surface area (Å²) < 4.78 is 13.6. The van der Waals surface area contributed by atoms with Crippen molar-refractivity contribution in [2.45, 2.75) is 49.9 Å².